The summed E-state index contributed by atoms with van der Waals surface area (Å²) in [5.41, 5.74) is 0.440. The number of hydrogen-bond donors (Lipinski definition) is 1. The summed E-state index contributed by atoms with van der Waals surface area (Å²) < 4.78 is 4.98. The molecular weight excluding hydrogens is 182 g/mol. The topological polar surface area (TPSA) is 59.3 Å². The second kappa shape index (κ2) is 4.09. The van der Waals surface area contributed by atoms with Crippen LogP contribution in [-0.4, -0.2) is 17.7 Å². The van der Waals surface area contributed by atoms with Crippen LogP contribution in [0.1, 0.15) is 30.0 Å². The number of nitrogens with one attached hydrogen (secondary N) is 1. The number of carbonyl (C=O) groups is 2. The molecular formula is C10H13NO3. The average Bonchev–Trinajstić information content (AvgIpc) is 2.51. The van der Waals surface area contributed by atoms with Crippen molar-refractivity contribution < 1.29 is 14.0 Å². The SMILES string of the molecule is CC(=O)C(C)NC(=O)c1coc(C)c1. The first-order valence-corrected chi connectivity index (χ1v) is 4.37. The third kappa shape index (κ3) is 2.45. The van der Waals surface area contributed by atoms with E-state index in [0.717, 1.165) is 0 Å². The molecule has 1 amide bonds. The minimum absolute atomic E-state index is 0.0708. The van der Waals surface area contributed by atoms with E-state index in [0.29, 0.717) is 11.3 Å². The van der Waals surface area contributed by atoms with Gasteiger partial charge in [0.15, 0.2) is 5.78 Å². The van der Waals surface area contributed by atoms with Gasteiger partial charge in [-0.1, -0.05) is 0 Å². The minimum atomic E-state index is -0.460. The molecule has 0 aliphatic rings. The van der Waals surface area contributed by atoms with Crippen LogP contribution in [0.15, 0.2) is 16.7 Å². The number of ketones is 1. The summed E-state index contributed by atoms with van der Waals surface area (Å²) in [6.07, 6.45) is 1.37. The lowest BCUT2D eigenvalue weighted by Crippen LogP contribution is -2.37. The highest BCUT2D eigenvalue weighted by atomic mass is 16.3. The molecule has 0 fully saturated rings. The molecule has 0 aliphatic heterocycles. The second-order valence-electron chi connectivity index (χ2n) is 3.25. The van der Waals surface area contributed by atoms with Crippen molar-refractivity contribution in [2.24, 2.45) is 0 Å². The largest absolute Gasteiger partial charge is 0.469 e. The Morgan fingerprint density at radius 1 is 1.50 bits per heavy atom. The Kier molecular flexibility index (Phi) is 3.06. The second-order valence-corrected chi connectivity index (χ2v) is 3.25. The van der Waals surface area contributed by atoms with E-state index in [-0.39, 0.29) is 11.7 Å². The predicted octanol–water partition coefficient (Wildman–Crippen LogP) is 1.30. The van der Waals surface area contributed by atoms with Gasteiger partial charge < -0.3 is 9.73 Å². The summed E-state index contributed by atoms with van der Waals surface area (Å²) in [6, 6.07) is 1.17. The fraction of sp³-hybridized carbons (Fsp3) is 0.400. The van der Waals surface area contributed by atoms with Crippen molar-refractivity contribution >= 4 is 11.7 Å². The van der Waals surface area contributed by atoms with Gasteiger partial charge in [-0.15, -0.1) is 0 Å². The maximum absolute atomic E-state index is 11.4. The maximum Gasteiger partial charge on any atom is 0.255 e. The fourth-order valence-corrected chi connectivity index (χ4v) is 0.944. The molecule has 0 saturated heterocycles. The van der Waals surface area contributed by atoms with Crippen molar-refractivity contribution in [2.75, 3.05) is 0 Å². The molecule has 0 aliphatic carbocycles. The van der Waals surface area contributed by atoms with E-state index in [1.54, 1.807) is 19.9 Å². The summed E-state index contributed by atoms with van der Waals surface area (Å²) in [4.78, 5) is 22.3. The Hall–Kier alpha value is -1.58. The van der Waals surface area contributed by atoms with Gasteiger partial charge in [0.1, 0.15) is 12.0 Å². The standard InChI is InChI=1S/C10H13NO3/c1-6-4-9(5-14-6)10(13)11-7(2)8(3)12/h4-5,7H,1-3H3,(H,11,13). The van der Waals surface area contributed by atoms with Gasteiger partial charge >= 0.3 is 0 Å². The molecule has 0 bridgehead atoms. The molecule has 1 N–H and O–H groups in total. The smallest absolute Gasteiger partial charge is 0.255 e. The van der Waals surface area contributed by atoms with Crippen molar-refractivity contribution in [1.82, 2.24) is 5.32 Å². The summed E-state index contributed by atoms with van der Waals surface area (Å²) in [5, 5.41) is 2.56. The van der Waals surface area contributed by atoms with Crippen molar-refractivity contribution in [1.29, 1.82) is 0 Å². The first-order chi connectivity index (χ1) is 6.50. The van der Waals surface area contributed by atoms with Crippen molar-refractivity contribution in [2.45, 2.75) is 26.8 Å². The number of furan rings is 1. The lowest BCUT2D eigenvalue weighted by Gasteiger charge is -2.08. The molecule has 0 saturated carbocycles. The molecule has 1 unspecified atom stereocenters. The summed E-state index contributed by atoms with van der Waals surface area (Å²) >= 11 is 0. The molecule has 4 heteroatoms. The van der Waals surface area contributed by atoms with Gasteiger partial charge in [-0.3, -0.25) is 9.59 Å². The van der Waals surface area contributed by atoms with Crippen molar-refractivity contribution in [3.63, 3.8) is 0 Å². The van der Waals surface area contributed by atoms with Crippen LogP contribution in [0.3, 0.4) is 0 Å². The zero-order valence-electron chi connectivity index (χ0n) is 8.46. The highest BCUT2D eigenvalue weighted by Gasteiger charge is 2.14. The zero-order valence-corrected chi connectivity index (χ0v) is 8.46. The molecule has 1 aromatic heterocycles. The van der Waals surface area contributed by atoms with E-state index in [2.05, 4.69) is 5.32 Å². The lowest BCUT2D eigenvalue weighted by atomic mass is 10.2. The average molecular weight is 195 g/mol. The van der Waals surface area contributed by atoms with Crippen LogP contribution in [0.4, 0.5) is 0 Å². The Bertz CT molecular complexity index is 354. The van der Waals surface area contributed by atoms with Crippen LogP contribution in [0.2, 0.25) is 0 Å². The van der Waals surface area contributed by atoms with Crippen LogP contribution in [0, 0.1) is 6.92 Å². The van der Waals surface area contributed by atoms with E-state index >= 15 is 0 Å². The number of amides is 1. The van der Waals surface area contributed by atoms with Gasteiger partial charge in [0.2, 0.25) is 0 Å². The first-order valence-electron chi connectivity index (χ1n) is 4.37. The monoisotopic (exact) mass is 195 g/mol. The molecule has 0 spiro atoms. The molecule has 1 rings (SSSR count). The van der Waals surface area contributed by atoms with Crippen LogP contribution in [0.25, 0.3) is 0 Å². The van der Waals surface area contributed by atoms with Gasteiger partial charge in [0.25, 0.3) is 5.91 Å². The van der Waals surface area contributed by atoms with Gasteiger partial charge in [-0.25, -0.2) is 0 Å². The Labute approximate surface area is 82.3 Å². The zero-order chi connectivity index (χ0) is 10.7. The fourth-order valence-electron chi connectivity index (χ4n) is 0.944. The third-order valence-electron chi connectivity index (χ3n) is 1.95. The molecule has 76 valence electrons. The maximum atomic E-state index is 11.4. The number of rotatable bonds is 3. The van der Waals surface area contributed by atoms with E-state index in [4.69, 9.17) is 4.42 Å². The molecule has 14 heavy (non-hydrogen) atoms. The van der Waals surface area contributed by atoms with Crippen molar-refractivity contribution in [3.8, 4) is 0 Å². The number of carbonyl (C=O) groups excluding carboxylic acids is 2. The molecule has 0 radical (unpaired) electrons. The van der Waals surface area contributed by atoms with Crippen LogP contribution in [0.5, 0.6) is 0 Å². The number of hydrogen-bond acceptors (Lipinski definition) is 3. The van der Waals surface area contributed by atoms with E-state index < -0.39 is 6.04 Å². The van der Waals surface area contributed by atoms with Gasteiger partial charge in [0, 0.05) is 0 Å². The predicted molar refractivity (Wildman–Crippen MR) is 51.1 cm³/mol. The molecule has 1 aromatic rings. The van der Waals surface area contributed by atoms with Crippen LogP contribution >= 0.6 is 0 Å². The van der Waals surface area contributed by atoms with Crippen molar-refractivity contribution in [3.05, 3.63) is 23.7 Å². The van der Waals surface area contributed by atoms with Crippen LogP contribution < -0.4 is 5.32 Å². The Balaban J connectivity index is 2.63. The first kappa shape index (κ1) is 10.5. The summed E-state index contributed by atoms with van der Waals surface area (Å²) in [5.74, 6) is 0.314. The summed E-state index contributed by atoms with van der Waals surface area (Å²) in [6.45, 7) is 4.84. The normalized spacial score (nSPS) is 12.2. The van der Waals surface area contributed by atoms with E-state index in [1.807, 2.05) is 0 Å². The third-order valence-corrected chi connectivity index (χ3v) is 1.95. The highest BCUT2D eigenvalue weighted by Crippen LogP contribution is 2.06. The van der Waals surface area contributed by atoms with Gasteiger partial charge in [-0.2, -0.15) is 0 Å². The highest BCUT2D eigenvalue weighted by molar-refractivity contribution is 5.97. The van der Waals surface area contributed by atoms with Crippen LogP contribution in [-0.2, 0) is 4.79 Å². The molecule has 4 nitrogen and oxygen atoms in total. The number of aryl methyl sites for hydroxylation is 1. The Morgan fingerprint density at radius 3 is 2.57 bits per heavy atom. The van der Waals surface area contributed by atoms with E-state index in [9.17, 15) is 9.59 Å². The quantitative estimate of drug-likeness (QED) is 0.790. The minimum Gasteiger partial charge on any atom is -0.469 e. The molecule has 1 atom stereocenters. The van der Waals surface area contributed by atoms with Gasteiger partial charge in [0.05, 0.1) is 11.6 Å². The number of Topliss-reactive ketones (excluding diaryl/α,β-unsaturated/α-hetero) is 1. The van der Waals surface area contributed by atoms with Gasteiger partial charge in [-0.05, 0) is 26.8 Å². The summed E-state index contributed by atoms with van der Waals surface area (Å²) in [7, 11) is 0. The van der Waals surface area contributed by atoms with E-state index in [1.165, 1.54) is 13.2 Å². The molecule has 1 heterocycles. The Morgan fingerprint density at radius 2 is 2.14 bits per heavy atom. The lowest BCUT2D eigenvalue weighted by molar-refractivity contribution is -0.118. The molecule has 0 aromatic carbocycles.